The molecule has 116 valence electrons. The topological polar surface area (TPSA) is 45.2 Å². The van der Waals surface area contributed by atoms with Gasteiger partial charge in [0.25, 0.3) is 5.91 Å². The van der Waals surface area contributed by atoms with Crippen molar-refractivity contribution in [3.05, 3.63) is 71.9 Å². The summed E-state index contributed by atoms with van der Waals surface area (Å²) < 4.78 is 0. The molecule has 0 fully saturated rings. The van der Waals surface area contributed by atoms with Gasteiger partial charge in [0.05, 0.1) is 5.52 Å². The van der Waals surface area contributed by atoms with E-state index in [0.717, 1.165) is 28.7 Å². The molecule has 0 atom stereocenters. The van der Waals surface area contributed by atoms with Crippen molar-refractivity contribution in [3.63, 3.8) is 0 Å². The van der Waals surface area contributed by atoms with Crippen molar-refractivity contribution in [2.45, 2.75) is 6.54 Å². The number of rotatable bonds is 4. The summed E-state index contributed by atoms with van der Waals surface area (Å²) in [6.07, 6.45) is 0. The van der Waals surface area contributed by atoms with Gasteiger partial charge in [-0.3, -0.25) is 4.79 Å². The zero-order valence-corrected chi connectivity index (χ0v) is 13.3. The number of carbonyl (C=O) groups excluding carboxylic acids is 1. The lowest BCUT2D eigenvalue weighted by molar-refractivity contribution is 0.102. The van der Waals surface area contributed by atoms with Crippen molar-refractivity contribution in [2.24, 2.45) is 0 Å². The van der Waals surface area contributed by atoms with E-state index in [-0.39, 0.29) is 5.91 Å². The largest absolute Gasteiger partial charge is 0.320 e. The van der Waals surface area contributed by atoms with E-state index in [1.807, 2.05) is 68.7 Å². The maximum Gasteiger partial charge on any atom is 0.274 e. The highest BCUT2D eigenvalue weighted by molar-refractivity contribution is 6.04. The second-order valence-electron chi connectivity index (χ2n) is 5.74. The summed E-state index contributed by atoms with van der Waals surface area (Å²) in [5.74, 6) is -0.193. The molecule has 0 radical (unpaired) electrons. The Kier molecular flexibility index (Phi) is 4.35. The molecule has 1 N–H and O–H groups in total. The maximum absolute atomic E-state index is 12.5. The molecule has 0 saturated heterocycles. The summed E-state index contributed by atoms with van der Waals surface area (Å²) in [6, 6.07) is 19.3. The van der Waals surface area contributed by atoms with Gasteiger partial charge >= 0.3 is 0 Å². The van der Waals surface area contributed by atoms with Crippen LogP contribution < -0.4 is 5.32 Å². The molecule has 2 aromatic carbocycles. The number of carbonyl (C=O) groups is 1. The third kappa shape index (κ3) is 3.55. The van der Waals surface area contributed by atoms with Crippen LogP contribution in [-0.4, -0.2) is 29.9 Å². The van der Waals surface area contributed by atoms with Crippen molar-refractivity contribution in [3.8, 4) is 0 Å². The van der Waals surface area contributed by atoms with E-state index < -0.39 is 0 Å². The Bertz CT molecular complexity index is 843. The smallest absolute Gasteiger partial charge is 0.274 e. The summed E-state index contributed by atoms with van der Waals surface area (Å²) in [7, 11) is 4.01. The Labute approximate surface area is 135 Å². The summed E-state index contributed by atoms with van der Waals surface area (Å²) in [6.45, 7) is 0.765. The fourth-order valence-electron chi connectivity index (χ4n) is 2.50. The lowest BCUT2D eigenvalue weighted by Gasteiger charge is -2.14. The molecule has 4 nitrogen and oxygen atoms in total. The summed E-state index contributed by atoms with van der Waals surface area (Å²) >= 11 is 0. The number of hydrogen-bond acceptors (Lipinski definition) is 3. The highest BCUT2D eigenvalue weighted by Gasteiger charge is 2.11. The van der Waals surface area contributed by atoms with Gasteiger partial charge < -0.3 is 10.2 Å². The van der Waals surface area contributed by atoms with Crippen molar-refractivity contribution >= 4 is 22.5 Å². The Morgan fingerprint density at radius 2 is 1.74 bits per heavy atom. The van der Waals surface area contributed by atoms with Gasteiger partial charge in [0.1, 0.15) is 5.69 Å². The minimum Gasteiger partial charge on any atom is -0.320 e. The lowest BCUT2D eigenvalue weighted by atomic mass is 10.1. The van der Waals surface area contributed by atoms with Crippen LogP contribution in [0.3, 0.4) is 0 Å². The van der Waals surface area contributed by atoms with Gasteiger partial charge in [0.15, 0.2) is 0 Å². The van der Waals surface area contributed by atoms with E-state index >= 15 is 0 Å². The van der Waals surface area contributed by atoms with E-state index in [2.05, 4.69) is 15.2 Å². The summed E-state index contributed by atoms with van der Waals surface area (Å²) in [5.41, 5.74) is 3.14. The monoisotopic (exact) mass is 305 g/mol. The van der Waals surface area contributed by atoms with Crippen LogP contribution in [-0.2, 0) is 6.54 Å². The fourth-order valence-corrected chi connectivity index (χ4v) is 2.50. The molecule has 0 saturated carbocycles. The van der Waals surface area contributed by atoms with E-state index in [0.29, 0.717) is 5.69 Å². The Morgan fingerprint density at radius 3 is 2.57 bits per heavy atom. The van der Waals surface area contributed by atoms with E-state index in [9.17, 15) is 4.79 Å². The molecule has 0 aliphatic rings. The average molecular weight is 305 g/mol. The quantitative estimate of drug-likeness (QED) is 0.802. The zero-order chi connectivity index (χ0) is 16.2. The maximum atomic E-state index is 12.5. The molecule has 3 aromatic rings. The van der Waals surface area contributed by atoms with Crippen LogP contribution in [0.5, 0.6) is 0 Å². The van der Waals surface area contributed by atoms with Crippen molar-refractivity contribution in [1.82, 2.24) is 9.88 Å². The van der Waals surface area contributed by atoms with Gasteiger partial charge in [-0.05, 0) is 37.9 Å². The number of nitrogens with zero attached hydrogens (tertiary/aromatic N) is 2. The van der Waals surface area contributed by atoms with Gasteiger partial charge in [-0.2, -0.15) is 0 Å². The van der Waals surface area contributed by atoms with Crippen LogP contribution in [0.4, 0.5) is 5.69 Å². The number of fused-ring (bicyclic) bond motifs is 1. The molecule has 0 aliphatic carbocycles. The molecule has 23 heavy (non-hydrogen) atoms. The van der Waals surface area contributed by atoms with Crippen LogP contribution in [0.25, 0.3) is 10.9 Å². The highest BCUT2D eigenvalue weighted by atomic mass is 16.1. The molecule has 0 bridgehead atoms. The Hall–Kier alpha value is -2.72. The van der Waals surface area contributed by atoms with Gasteiger partial charge in [-0.15, -0.1) is 0 Å². The number of para-hydroxylation sites is 2. The molecule has 0 unspecified atom stereocenters. The third-order valence-electron chi connectivity index (χ3n) is 3.58. The number of amides is 1. The van der Waals surface area contributed by atoms with Crippen LogP contribution in [0.1, 0.15) is 16.1 Å². The van der Waals surface area contributed by atoms with Gasteiger partial charge in [0.2, 0.25) is 0 Å². The van der Waals surface area contributed by atoms with Crippen molar-refractivity contribution in [2.75, 3.05) is 19.4 Å². The number of benzene rings is 2. The Balaban J connectivity index is 1.86. The molecular formula is C19H19N3O. The minimum absolute atomic E-state index is 0.193. The van der Waals surface area contributed by atoms with E-state index in [4.69, 9.17) is 0 Å². The average Bonchev–Trinajstić information content (AvgIpc) is 2.55. The minimum atomic E-state index is -0.193. The number of aromatic nitrogens is 1. The molecule has 0 aliphatic heterocycles. The molecular weight excluding hydrogens is 286 g/mol. The third-order valence-corrected chi connectivity index (χ3v) is 3.58. The Morgan fingerprint density at radius 1 is 1.00 bits per heavy atom. The highest BCUT2D eigenvalue weighted by Crippen LogP contribution is 2.18. The molecule has 1 heterocycles. The first kappa shape index (κ1) is 15.2. The van der Waals surface area contributed by atoms with Crippen LogP contribution in [0.15, 0.2) is 60.7 Å². The van der Waals surface area contributed by atoms with Crippen molar-refractivity contribution in [1.29, 1.82) is 0 Å². The van der Waals surface area contributed by atoms with E-state index in [1.54, 1.807) is 6.07 Å². The summed E-state index contributed by atoms with van der Waals surface area (Å²) in [4.78, 5) is 19.0. The van der Waals surface area contributed by atoms with Gasteiger partial charge in [-0.25, -0.2) is 4.98 Å². The van der Waals surface area contributed by atoms with E-state index in [1.165, 1.54) is 0 Å². The number of anilines is 1. The number of pyridine rings is 1. The van der Waals surface area contributed by atoms with Gasteiger partial charge in [-0.1, -0.05) is 42.5 Å². The van der Waals surface area contributed by atoms with Crippen LogP contribution >= 0.6 is 0 Å². The molecule has 3 rings (SSSR count). The first-order valence-corrected chi connectivity index (χ1v) is 7.53. The predicted molar refractivity (Wildman–Crippen MR) is 93.5 cm³/mol. The molecule has 1 aromatic heterocycles. The zero-order valence-electron chi connectivity index (χ0n) is 13.3. The number of hydrogen-bond donors (Lipinski definition) is 1. The van der Waals surface area contributed by atoms with Crippen molar-refractivity contribution < 1.29 is 4.79 Å². The molecule has 1 amide bonds. The first-order valence-electron chi connectivity index (χ1n) is 7.53. The first-order chi connectivity index (χ1) is 11.1. The molecule has 4 heteroatoms. The molecule has 0 spiro atoms. The number of nitrogens with one attached hydrogen (secondary N) is 1. The summed E-state index contributed by atoms with van der Waals surface area (Å²) in [5, 5.41) is 3.99. The van der Waals surface area contributed by atoms with Crippen LogP contribution in [0.2, 0.25) is 0 Å². The normalized spacial score (nSPS) is 10.9. The SMILES string of the molecule is CN(C)Cc1ccccc1NC(=O)c1ccc2ccccc2n1. The second-order valence-corrected chi connectivity index (χ2v) is 5.74. The lowest BCUT2D eigenvalue weighted by Crippen LogP contribution is -2.17. The van der Waals surface area contributed by atoms with Gasteiger partial charge in [0, 0.05) is 17.6 Å². The standard InChI is InChI=1S/C19H19N3O/c1-22(2)13-15-8-4-6-10-17(15)21-19(23)18-12-11-14-7-3-5-9-16(14)20-18/h3-12H,13H2,1-2H3,(H,21,23). The van der Waals surface area contributed by atoms with Crippen LogP contribution in [0, 0.1) is 0 Å². The predicted octanol–water partition coefficient (Wildman–Crippen LogP) is 3.55. The second kappa shape index (κ2) is 6.58. The fraction of sp³-hybridized carbons (Fsp3) is 0.158.